The Balaban J connectivity index is 2.95. The van der Waals surface area contributed by atoms with Crippen molar-refractivity contribution in [3.63, 3.8) is 0 Å². The van der Waals surface area contributed by atoms with E-state index in [2.05, 4.69) is 17.3 Å². The van der Waals surface area contributed by atoms with Crippen molar-refractivity contribution in [2.24, 2.45) is 0 Å². The van der Waals surface area contributed by atoms with Gasteiger partial charge in [-0.1, -0.05) is 13.3 Å². The van der Waals surface area contributed by atoms with Crippen molar-refractivity contribution < 1.29 is 19.5 Å². The minimum Gasteiger partial charge on any atom is -0.480 e. The number of carboxylic acid groups (broad SMARTS) is 1. The highest BCUT2D eigenvalue weighted by Gasteiger charge is 2.28. The molecule has 1 unspecified atom stereocenters. The number of aromatic nitrogens is 2. The predicted octanol–water partition coefficient (Wildman–Crippen LogP) is 1.04. The SMILES string of the molecule is CCCCn1cc(C(=O)N(CCNC(C)=O)C(C)C(=O)O)c(C)n1. The minimum absolute atomic E-state index is 0.117. The molecule has 0 saturated heterocycles. The predicted molar refractivity (Wildman–Crippen MR) is 88.7 cm³/mol. The number of carbonyl (C=O) groups is 3. The van der Waals surface area contributed by atoms with E-state index in [9.17, 15) is 19.5 Å². The van der Waals surface area contributed by atoms with Crippen LogP contribution in [0.15, 0.2) is 6.20 Å². The van der Waals surface area contributed by atoms with Crippen LogP contribution in [0.3, 0.4) is 0 Å². The van der Waals surface area contributed by atoms with E-state index in [-0.39, 0.29) is 19.0 Å². The van der Waals surface area contributed by atoms with Crippen LogP contribution in [0.5, 0.6) is 0 Å². The van der Waals surface area contributed by atoms with E-state index >= 15 is 0 Å². The number of amides is 2. The van der Waals surface area contributed by atoms with Crippen LogP contribution in [0.25, 0.3) is 0 Å². The van der Waals surface area contributed by atoms with E-state index in [4.69, 9.17) is 0 Å². The highest BCUT2D eigenvalue weighted by atomic mass is 16.4. The third-order valence-electron chi connectivity index (χ3n) is 3.73. The topological polar surface area (TPSA) is 105 Å². The summed E-state index contributed by atoms with van der Waals surface area (Å²) in [5.74, 6) is -1.72. The number of hydrogen-bond donors (Lipinski definition) is 2. The molecule has 2 N–H and O–H groups in total. The molecule has 2 amide bonds. The third kappa shape index (κ3) is 5.36. The van der Waals surface area contributed by atoms with Crippen LogP contribution >= 0.6 is 0 Å². The normalized spacial score (nSPS) is 11.8. The first-order chi connectivity index (χ1) is 11.3. The molecule has 0 saturated carbocycles. The summed E-state index contributed by atoms with van der Waals surface area (Å²) in [5.41, 5.74) is 0.959. The number of aliphatic carboxylic acids is 1. The molecule has 0 bridgehead atoms. The Bertz CT molecular complexity index is 597. The second-order valence-corrected chi connectivity index (χ2v) is 5.74. The lowest BCUT2D eigenvalue weighted by Gasteiger charge is -2.26. The summed E-state index contributed by atoms with van der Waals surface area (Å²) in [5, 5.41) is 16.1. The Kier molecular flexibility index (Phi) is 7.41. The number of aryl methyl sites for hydroxylation is 2. The minimum atomic E-state index is -1.10. The van der Waals surface area contributed by atoms with Crippen LogP contribution < -0.4 is 5.32 Å². The lowest BCUT2D eigenvalue weighted by atomic mass is 10.2. The van der Waals surface area contributed by atoms with Crippen molar-refractivity contribution in [1.29, 1.82) is 0 Å². The number of nitrogens with zero attached hydrogens (tertiary/aromatic N) is 3. The largest absolute Gasteiger partial charge is 0.480 e. The van der Waals surface area contributed by atoms with Gasteiger partial charge in [0.15, 0.2) is 0 Å². The van der Waals surface area contributed by atoms with E-state index in [1.165, 1.54) is 18.7 Å². The van der Waals surface area contributed by atoms with Crippen molar-refractivity contribution in [3.05, 3.63) is 17.5 Å². The number of hydrogen-bond acceptors (Lipinski definition) is 4. The molecule has 0 aliphatic carbocycles. The molecule has 1 aromatic rings. The first kappa shape index (κ1) is 19.7. The monoisotopic (exact) mass is 338 g/mol. The van der Waals surface area contributed by atoms with E-state index in [0.717, 1.165) is 12.8 Å². The highest BCUT2D eigenvalue weighted by molar-refractivity contribution is 5.97. The van der Waals surface area contributed by atoms with Crippen LogP contribution in [-0.2, 0) is 16.1 Å². The molecule has 0 aliphatic rings. The second kappa shape index (κ2) is 9.05. The lowest BCUT2D eigenvalue weighted by Crippen LogP contribution is -2.46. The summed E-state index contributed by atoms with van der Waals surface area (Å²) in [6.45, 7) is 7.64. The van der Waals surface area contributed by atoms with E-state index < -0.39 is 17.9 Å². The molecule has 0 aliphatic heterocycles. The molecular weight excluding hydrogens is 312 g/mol. The molecule has 0 radical (unpaired) electrons. The first-order valence-corrected chi connectivity index (χ1v) is 8.10. The van der Waals surface area contributed by atoms with Gasteiger partial charge in [-0.05, 0) is 20.3 Å². The van der Waals surface area contributed by atoms with Gasteiger partial charge in [-0.2, -0.15) is 5.10 Å². The van der Waals surface area contributed by atoms with Crippen LogP contribution in [0, 0.1) is 6.92 Å². The lowest BCUT2D eigenvalue weighted by molar-refractivity contribution is -0.141. The molecule has 1 aromatic heterocycles. The molecule has 8 nitrogen and oxygen atoms in total. The van der Waals surface area contributed by atoms with Crippen molar-refractivity contribution in [2.75, 3.05) is 13.1 Å². The zero-order valence-corrected chi connectivity index (χ0v) is 14.7. The fourth-order valence-electron chi connectivity index (χ4n) is 2.27. The van der Waals surface area contributed by atoms with Gasteiger partial charge in [-0.3, -0.25) is 14.3 Å². The zero-order chi connectivity index (χ0) is 18.3. The quantitative estimate of drug-likeness (QED) is 0.700. The van der Waals surface area contributed by atoms with Crippen molar-refractivity contribution in [2.45, 2.75) is 53.1 Å². The van der Waals surface area contributed by atoms with Crippen LogP contribution in [0.1, 0.15) is 49.7 Å². The maximum atomic E-state index is 12.8. The summed E-state index contributed by atoms with van der Waals surface area (Å²) in [6, 6.07) is -0.996. The molecule has 0 spiro atoms. The fourth-order valence-corrected chi connectivity index (χ4v) is 2.27. The molecule has 1 rings (SSSR count). The van der Waals surface area contributed by atoms with Crippen LogP contribution in [0.2, 0.25) is 0 Å². The molecule has 0 aromatic carbocycles. The Morgan fingerprint density at radius 2 is 2.08 bits per heavy atom. The van der Waals surface area contributed by atoms with Crippen molar-refractivity contribution in [1.82, 2.24) is 20.0 Å². The van der Waals surface area contributed by atoms with Gasteiger partial charge in [-0.25, -0.2) is 4.79 Å². The molecular formula is C16H26N4O4. The van der Waals surface area contributed by atoms with Gasteiger partial charge in [0.05, 0.1) is 11.3 Å². The Morgan fingerprint density at radius 1 is 1.42 bits per heavy atom. The van der Waals surface area contributed by atoms with Gasteiger partial charge in [0.1, 0.15) is 6.04 Å². The fraction of sp³-hybridized carbons (Fsp3) is 0.625. The van der Waals surface area contributed by atoms with Crippen molar-refractivity contribution in [3.8, 4) is 0 Å². The van der Waals surface area contributed by atoms with Crippen molar-refractivity contribution >= 4 is 17.8 Å². The average Bonchev–Trinajstić information content (AvgIpc) is 2.88. The summed E-state index contributed by atoms with van der Waals surface area (Å²) >= 11 is 0. The smallest absolute Gasteiger partial charge is 0.326 e. The van der Waals surface area contributed by atoms with Gasteiger partial charge in [0.2, 0.25) is 5.91 Å². The van der Waals surface area contributed by atoms with Gasteiger partial charge in [0, 0.05) is 32.8 Å². The van der Waals surface area contributed by atoms with Crippen LogP contribution in [-0.4, -0.2) is 56.7 Å². The molecule has 134 valence electrons. The Labute approximate surface area is 141 Å². The summed E-state index contributed by atoms with van der Waals surface area (Å²) < 4.78 is 1.71. The number of carboxylic acids is 1. The zero-order valence-electron chi connectivity index (χ0n) is 14.7. The number of nitrogens with one attached hydrogen (secondary N) is 1. The highest BCUT2D eigenvalue weighted by Crippen LogP contribution is 2.13. The van der Waals surface area contributed by atoms with E-state index in [0.29, 0.717) is 17.8 Å². The second-order valence-electron chi connectivity index (χ2n) is 5.74. The number of carbonyl (C=O) groups excluding carboxylic acids is 2. The van der Waals surface area contributed by atoms with Gasteiger partial charge in [-0.15, -0.1) is 0 Å². The summed E-state index contributed by atoms with van der Waals surface area (Å²) in [7, 11) is 0. The Hall–Kier alpha value is -2.38. The molecule has 8 heteroatoms. The molecule has 24 heavy (non-hydrogen) atoms. The first-order valence-electron chi connectivity index (χ1n) is 8.10. The van der Waals surface area contributed by atoms with Gasteiger partial charge in [0.25, 0.3) is 5.91 Å². The average molecular weight is 338 g/mol. The van der Waals surface area contributed by atoms with Gasteiger partial charge < -0.3 is 15.3 Å². The number of unbranched alkanes of at least 4 members (excludes halogenated alkanes) is 1. The third-order valence-corrected chi connectivity index (χ3v) is 3.73. The molecule has 1 heterocycles. The maximum absolute atomic E-state index is 12.8. The maximum Gasteiger partial charge on any atom is 0.326 e. The Morgan fingerprint density at radius 3 is 2.62 bits per heavy atom. The van der Waals surface area contributed by atoms with Gasteiger partial charge >= 0.3 is 5.97 Å². The van der Waals surface area contributed by atoms with E-state index in [1.54, 1.807) is 17.8 Å². The summed E-state index contributed by atoms with van der Waals surface area (Å²) in [6.07, 6.45) is 3.63. The molecule has 1 atom stereocenters. The molecule has 0 fully saturated rings. The summed E-state index contributed by atoms with van der Waals surface area (Å²) in [4.78, 5) is 36.3. The van der Waals surface area contributed by atoms with E-state index in [1.807, 2.05) is 0 Å². The van der Waals surface area contributed by atoms with Crippen LogP contribution in [0.4, 0.5) is 0 Å². The standard InChI is InChI=1S/C16H26N4O4/c1-5-6-8-19-10-14(11(2)18-19)15(22)20(12(3)16(23)24)9-7-17-13(4)21/h10,12H,5-9H2,1-4H3,(H,17,21)(H,23,24). The number of rotatable bonds is 9.